The normalized spacial score (nSPS) is 38.2. The van der Waals surface area contributed by atoms with Crippen LogP contribution in [0.3, 0.4) is 0 Å². The quantitative estimate of drug-likeness (QED) is 0.425. The maximum atomic E-state index is 11.1. The second-order valence-corrected chi connectivity index (χ2v) is 4.29. The highest BCUT2D eigenvalue weighted by Crippen LogP contribution is 2.34. The first kappa shape index (κ1) is 13.6. The number of rotatable bonds is 2. The zero-order valence-corrected chi connectivity index (χ0v) is 9.98. The van der Waals surface area contributed by atoms with E-state index in [0.717, 1.165) is 0 Å². The number of amides is 1. The Bertz CT molecular complexity index is 483. The van der Waals surface area contributed by atoms with Gasteiger partial charge in [0.15, 0.2) is 11.8 Å². The van der Waals surface area contributed by atoms with Gasteiger partial charge in [0, 0.05) is 12.3 Å². The van der Waals surface area contributed by atoms with Crippen molar-refractivity contribution >= 4 is 5.91 Å². The van der Waals surface area contributed by atoms with Crippen LogP contribution in [0, 0.1) is 12.3 Å². The SMILES string of the molecule is C#C[C@]1(CO)O[C@@H](N2C=CC(=O)NC2=C)[C@H](O)[C@@H]1O. The number of hydrogen-bond acceptors (Lipinski definition) is 6. The molecule has 0 bridgehead atoms. The van der Waals surface area contributed by atoms with Gasteiger partial charge in [0.25, 0.3) is 5.91 Å². The van der Waals surface area contributed by atoms with Crippen LogP contribution in [-0.4, -0.2) is 56.8 Å². The molecule has 7 heteroatoms. The number of terminal acetylenes is 1. The number of nitrogens with one attached hydrogen (secondary N) is 1. The van der Waals surface area contributed by atoms with Gasteiger partial charge in [-0.1, -0.05) is 12.5 Å². The van der Waals surface area contributed by atoms with E-state index in [0.29, 0.717) is 0 Å². The highest BCUT2D eigenvalue weighted by Gasteiger charge is 2.55. The molecule has 0 aromatic rings. The van der Waals surface area contributed by atoms with Gasteiger partial charge in [0.05, 0.1) is 6.61 Å². The van der Waals surface area contributed by atoms with E-state index in [2.05, 4.69) is 17.8 Å². The number of aliphatic hydroxyl groups is 3. The summed E-state index contributed by atoms with van der Waals surface area (Å²) >= 11 is 0. The molecule has 1 amide bonds. The monoisotopic (exact) mass is 266 g/mol. The van der Waals surface area contributed by atoms with Crippen molar-refractivity contribution in [1.82, 2.24) is 10.2 Å². The zero-order valence-electron chi connectivity index (χ0n) is 9.98. The fraction of sp³-hybridized carbons (Fsp3) is 0.417. The largest absolute Gasteiger partial charge is 0.392 e. The third kappa shape index (κ3) is 2.01. The highest BCUT2D eigenvalue weighted by molar-refractivity contribution is 5.89. The van der Waals surface area contributed by atoms with E-state index in [-0.39, 0.29) is 11.7 Å². The Labute approximate surface area is 109 Å². The van der Waals surface area contributed by atoms with Gasteiger partial charge in [0.2, 0.25) is 0 Å². The van der Waals surface area contributed by atoms with Gasteiger partial charge in [0.1, 0.15) is 18.0 Å². The van der Waals surface area contributed by atoms with Gasteiger partial charge < -0.3 is 30.3 Å². The maximum Gasteiger partial charge on any atom is 0.250 e. The van der Waals surface area contributed by atoms with Crippen LogP contribution in [0.15, 0.2) is 24.7 Å². The number of aliphatic hydroxyl groups excluding tert-OH is 3. The van der Waals surface area contributed by atoms with Crippen LogP contribution < -0.4 is 5.32 Å². The van der Waals surface area contributed by atoms with E-state index in [4.69, 9.17) is 11.2 Å². The van der Waals surface area contributed by atoms with E-state index in [9.17, 15) is 20.1 Å². The molecule has 4 atom stereocenters. The topological polar surface area (TPSA) is 102 Å². The van der Waals surface area contributed by atoms with Crippen LogP contribution in [0.2, 0.25) is 0 Å². The minimum absolute atomic E-state index is 0.175. The van der Waals surface area contributed by atoms with E-state index in [1.807, 2.05) is 0 Å². The molecule has 2 rings (SSSR count). The zero-order chi connectivity index (χ0) is 14.2. The number of carbonyl (C=O) groups is 1. The summed E-state index contributed by atoms with van der Waals surface area (Å²) in [6.07, 6.45) is 3.95. The molecular formula is C12H14N2O5. The van der Waals surface area contributed by atoms with E-state index in [1.165, 1.54) is 17.2 Å². The minimum atomic E-state index is -1.68. The van der Waals surface area contributed by atoms with Crippen LogP contribution in [0.4, 0.5) is 0 Å². The molecule has 1 saturated heterocycles. The Kier molecular flexibility index (Phi) is 3.34. The summed E-state index contributed by atoms with van der Waals surface area (Å²) in [6, 6.07) is 0. The highest BCUT2D eigenvalue weighted by atomic mass is 16.6. The fourth-order valence-corrected chi connectivity index (χ4v) is 2.03. The van der Waals surface area contributed by atoms with Gasteiger partial charge in [-0.05, 0) is 0 Å². The Balaban J connectivity index is 2.28. The molecule has 19 heavy (non-hydrogen) atoms. The fourth-order valence-electron chi connectivity index (χ4n) is 2.03. The molecule has 102 valence electrons. The Morgan fingerprint density at radius 2 is 2.32 bits per heavy atom. The van der Waals surface area contributed by atoms with Crippen LogP contribution in [-0.2, 0) is 9.53 Å². The molecule has 0 spiro atoms. The summed E-state index contributed by atoms with van der Waals surface area (Å²) < 4.78 is 5.39. The smallest absolute Gasteiger partial charge is 0.250 e. The summed E-state index contributed by atoms with van der Waals surface area (Å²) in [5.74, 6) is 1.96. The molecule has 0 aromatic heterocycles. The molecule has 0 unspecified atom stereocenters. The lowest BCUT2D eigenvalue weighted by Gasteiger charge is -2.32. The molecule has 2 aliphatic heterocycles. The number of nitrogens with zero attached hydrogens (tertiary/aromatic N) is 1. The first-order valence-electron chi connectivity index (χ1n) is 5.54. The second kappa shape index (κ2) is 4.68. The average Bonchev–Trinajstić information content (AvgIpc) is 2.64. The van der Waals surface area contributed by atoms with E-state index >= 15 is 0 Å². The van der Waals surface area contributed by atoms with Gasteiger partial charge in [-0.15, -0.1) is 6.42 Å². The predicted octanol–water partition coefficient (Wildman–Crippen LogP) is -2.15. The standard InChI is InChI=1S/C12H14N2O5/c1-3-12(6-15)10(18)9(17)11(19-12)14-5-4-8(16)13-7(14)2/h1,4-5,9-11,15,17-18H,2,6H2,(H,13,16)/t9-,10+,11-,12-/m1/s1. The van der Waals surface area contributed by atoms with Gasteiger partial charge in [-0.2, -0.15) is 0 Å². The van der Waals surface area contributed by atoms with Crippen molar-refractivity contribution in [3.05, 3.63) is 24.7 Å². The predicted molar refractivity (Wildman–Crippen MR) is 63.8 cm³/mol. The van der Waals surface area contributed by atoms with E-state index in [1.54, 1.807) is 0 Å². The first-order valence-corrected chi connectivity index (χ1v) is 5.54. The Hall–Kier alpha value is -1.85. The molecule has 0 aliphatic carbocycles. The molecule has 2 aliphatic rings. The first-order chi connectivity index (χ1) is 8.95. The third-order valence-electron chi connectivity index (χ3n) is 3.14. The molecule has 0 saturated carbocycles. The number of ether oxygens (including phenoxy) is 1. The Morgan fingerprint density at radius 1 is 1.63 bits per heavy atom. The third-order valence-corrected chi connectivity index (χ3v) is 3.14. The lowest BCUT2D eigenvalue weighted by atomic mass is 9.97. The van der Waals surface area contributed by atoms with Crippen molar-refractivity contribution < 1.29 is 24.9 Å². The molecular weight excluding hydrogens is 252 g/mol. The van der Waals surface area contributed by atoms with Crippen molar-refractivity contribution in [2.45, 2.75) is 24.0 Å². The van der Waals surface area contributed by atoms with Crippen molar-refractivity contribution in [2.75, 3.05) is 6.61 Å². The van der Waals surface area contributed by atoms with Crippen molar-refractivity contribution in [3.8, 4) is 12.3 Å². The summed E-state index contributed by atoms with van der Waals surface area (Å²) in [5, 5.41) is 31.6. The Morgan fingerprint density at radius 3 is 2.79 bits per heavy atom. The van der Waals surface area contributed by atoms with Crippen LogP contribution in [0.25, 0.3) is 0 Å². The van der Waals surface area contributed by atoms with Crippen LogP contribution in [0.5, 0.6) is 0 Å². The van der Waals surface area contributed by atoms with Gasteiger partial charge in [-0.3, -0.25) is 4.79 Å². The molecule has 7 nitrogen and oxygen atoms in total. The average molecular weight is 266 g/mol. The van der Waals surface area contributed by atoms with Crippen LogP contribution in [0.1, 0.15) is 0 Å². The maximum absolute atomic E-state index is 11.1. The summed E-state index contributed by atoms with van der Waals surface area (Å²) in [4.78, 5) is 12.4. The van der Waals surface area contributed by atoms with Crippen molar-refractivity contribution in [1.29, 1.82) is 0 Å². The number of carbonyl (C=O) groups excluding carboxylic acids is 1. The number of hydrogen-bond donors (Lipinski definition) is 4. The molecule has 2 heterocycles. The lowest BCUT2D eigenvalue weighted by Crippen LogP contribution is -2.46. The lowest BCUT2D eigenvalue weighted by molar-refractivity contribution is -0.120. The van der Waals surface area contributed by atoms with Gasteiger partial charge >= 0.3 is 0 Å². The summed E-state index contributed by atoms with van der Waals surface area (Å²) in [5.41, 5.74) is -1.68. The molecule has 1 fully saturated rings. The summed E-state index contributed by atoms with van der Waals surface area (Å²) in [6.45, 7) is 2.96. The van der Waals surface area contributed by atoms with Crippen LogP contribution >= 0.6 is 0 Å². The molecule has 0 aromatic carbocycles. The second-order valence-electron chi connectivity index (χ2n) is 4.29. The van der Waals surface area contributed by atoms with Crippen molar-refractivity contribution in [3.63, 3.8) is 0 Å². The molecule has 4 N–H and O–H groups in total. The minimum Gasteiger partial charge on any atom is -0.392 e. The molecule has 0 radical (unpaired) electrons. The van der Waals surface area contributed by atoms with Crippen molar-refractivity contribution in [2.24, 2.45) is 0 Å². The van der Waals surface area contributed by atoms with Gasteiger partial charge in [-0.25, -0.2) is 0 Å². The van der Waals surface area contributed by atoms with E-state index < -0.39 is 30.6 Å². The summed E-state index contributed by atoms with van der Waals surface area (Å²) in [7, 11) is 0.